The lowest BCUT2D eigenvalue weighted by Crippen LogP contribution is -2.33. The van der Waals surface area contributed by atoms with E-state index in [2.05, 4.69) is 32.3 Å². The van der Waals surface area contributed by atoms with Crippen LogP contribution >= 0.6 is 0 Å². The van der Waals surface area contributed by atoms with E-state index in [1.54, 1.807) is 31.5 Å². The molecule has 0 aliphatic carbocycles. The maximum atomic E-state index is 12.7. The fraction of sp³-hybridized carbons (Fsp3) is 0.406. The standard InChI is InChI=1S/C32H39N5O4/c1-24(26-10-7-17-33-23-26)31(38)36-29(32(39)40)16-20-37(21-22-41-28-12-3-2-4-13-28)19-6-5-11-27-15-14-25-9-8-18-34-30(25)35-27/h2-4,7,10,12-15,17,23-24H,5-6,8-9,11,16,18-22H2,1H3,(H,34,35)(H,39,40). The van der Waals surface area contributed by atoms with Crippen LogP contribution in [-0.2, 0) is 22.4 Å². The summed E-state index contributed by atoms with van der Waals surface area (Å²) >= 11 is 0. The number of hydrogen-bond acceptors (Lipinski definition) is 7. The molecule has 0 saturated carbocycles. The van der Waals surface area contributed by atoms with Gasteiger partial charge in [0.1, 0.15) is 23.9 Å². The number of aliphatic imine (C=N–C) groups is 1. The van der Waals surface area contributed by atoms with Crippen molar-refractivity contribution in [3.63, 3.8) is 0 Å². The second-order valence-electron chi connectivity index (χ2n) is 10.3. The SMILES string of the molecule is CC(C(=O)N=C(CCN(CCCCc1ccc2c(n1)NCCC2)CCOc1ccccc1)C(=O)O)c1cccnc1. The van der Waals surface area contributed by atoms with Crippen LogP contribution in [0.1, 0.15) is 55.3 Å². The van der Waals surface area contributed by atoms with E-state index in [1.165, 1.54) is 5.56 Å². The van der Waals surface area contributed by atoms with Gasteiger partial charge in [0.25, 0.3) is 5.91 Å². The highest BCUT2D eigenvalue weighted by molar-refractivity contribution is 6.37. The molecule has 0 spiro atoms. The first-order valence-corrected chi connectivity index (χ1v) is 14.4. The van der Waals surface area contributed by atoms with E-state index in [4.69, 9.17) is 9.72 Å². The van der Waals surface area contributed by atoms with Crippen molar-refractivity contribution in [2.45, 2.75) is 51.4 Å². The number of carbonyl (C=O) groups is 2. The second-order valence-corrected chi connectivity index (χ2v) is 10.3. The van der Waals surface area contributed by atoms with Crippen molar-refractivity contribution >= 4 is 23.4 Å². The molecule has 0 radical (unpaired) electrons. The Hall–Kier alpha value is -4.11. The predicted molar refractivity (Wildman–Crippen MR) is 160 cm³/mol. The molecule has 0 bridgehead atoms. The Labute approximate surface area is 241 Å². The number of anilines is 1. The smallest absolute Gasteiger partial charge is 0.350 e. The molecule has 216 valence electrons. The van der Waals surface area contributed by atoms with Gasteiger partial charge in [-0.25, -0.2) is 14.8 Å². The van der Waals surface area contributed by atoms with E-state index < -0.39 is 17.8 Å². The number of carboxylic acid groups (broad SMARTS) is 1. The van der Waals surface area contributed by atoms with E-state index in [1.807, 2.05) is 30.3 Å². The van der Waals surface area contributed by atoms with Gasteiger partial charge in [-0.2, -0.15) is 0 Å². The lowest BCUT2D eigenvalue weighted by atomic mass is 10.0. The number of fused-ring (bicyclic) bond motifs is 1. The molecule has 1 atom stereocenters. The number of hydrogen-bond donors (Lipinski definition) is 2. The maximum absolute atomic E-state index is 12.7. The van der Waals surface area contributed by atoms with E-state index >= 15 is 0 Å². The van der Waals surface area contributed by atoms with Crippen LogP contribution in [-0.4, -0.2) is 70.3 Å². The molecular weight excluding hydrogens is 518 g/mol. The Morgan fingerprint density at radius 3 is 2.71 bits per heavy atom. The zero-order chi connectivity index (χ0) is 28.9. The fourth-order valence-corrected chi connectivity index (χ4v) is 4.77. The molecule has 1 aliphatic rings. The zero-order valence-electron chi connectivity index (χ0n) is 23.7. The molecule has 9 nitrogen and oxygen atoms in total. The Morgan fingerprint density at radius 2 is 1.93 bits per heavy atom. The first-order chi connectivity index (χ1) is 20.0. The number of rotatable bonds is 15. The summed E-state index contributed by atoms with van der Waals surface area (Å²) in [7, 11) is 0. The lowest BCUT2D eigenvalue weighted by Gasteiger charge is -2.22. The van der Waals surface area contributed by atoms with E-state index in [0.29, 0.717) is 25.3 Å². The highest BCUT2D eigenvalue weighted by atomic mass is 16.5. The third-order valence-corrected chi connectivity index (χ3v) is 7.24. The van der Waals surface area contributed by atoms with Crippen LogP contribution < -0.4 is 10.1 Å². The number of para-hydroxylation sites is 1. The number of unbranched alkanes of at least 4 members (excludes halogenated alkanes) is 1. The summed E-state index contributed by atoms with van der Waals surface area (Å²) in [5.74, 6) is -0.421. The van der Waals surface area contributed by atoms with Crippen LogP contribution in [0.4, 0.5) is 5.82 Å². The van der Waals surface area contributed by atoms with Gasteiger partial charge in [0.05, 0.1) is 5.92 Å². The zero-order valence-corrected chi connectivity index (χ0v) is 23.7. The van der Waals surface area contributed by atoms with Gasteiger partial charge in [-0.3, -0.25) is 14.7 Å². The van der Waals surface area contributed by atoms with Crippen molar-refractivity contribution in [1.29, 1.82) is 0 Å². The number of amides is 1. The first kappa shape index (κ1) is 29.9. The van der Waals surface area contributed by atoms with Gasteiger partial charge in [0.2, 0.25) is 0 Å². The molecule has 1 unspecified atom stereocenters. The van der Waals surface area contributed by atoms with Gasteiger partial charge in [-0.05, 0) is 81.0 Å². The number of nitrogens with one attached hydrogen (secondary N) is 1. The first-order valence-electron chi connectivity index (χ1n) is 14.4. The van der Waals surface area contributed by atoms with Crippen LogP contribution in [0.5, 0.6) is 5.75 Å². The molecule has 1 aromatic carbocycles. The van der Waals surface area contributed by atoms with Crippen molar-refractivity contribution in [2.24, 2.45) is 4.99 Å². The van der Waals surface area contributed by atoms with Crippen molar-refractivity contribution in [2.75, 3.05) is 38.1 Å². The summed E-state index contributed by atoms with van der Waals surface area (Å²) in [6.45, 7) is 5.01. The van der Waals surface area contributed by atoms with E-state index in [9.17, 15) is 14.7 Å². The third kappa shape index (κ3) is 9.49. The average Bonchev–Trinajstić information content (AvgIpc) is 3.01. The molecule has 41 heavy (non-hydrogen) atoms. The molecule has 2 N–H and O–H groups in total. The lowest BCUT2D eigenvalue weighted by molar-refractivity contribution is -0.130. The van der Waals surface area contributed by atoms with Crippen LogP contribution in [0.15, 0.2) is 72.0 Å². The molecule has 9 heteroatoms. The summed E-state index contributed by atoms with van der Waals surface area (Å²) in [5.41, 5.74) is 2.94. The highest BCUT2D eigenvalue weighted by Gasteiger charge is 2.19. The molecule has 4 rings (SSSR count). The number of aromatic nitrogens is 2. The molecule has 1 aliphatic heterocycles. The van der Waals surface area contributed by atoms with Gasteiger partial charge < -0.3 is 15.2 Å². The predicted octanol–water partition coefficient (Wildman–Crippen LogP) is 4.78. The number of aliphatic carboxylic acids is 1. The van der Waals surface area contributed by atoms with Crippen LogP contribution in [0, 0.1) is 0 Å². The number of carboxylic acids is 1. The Kier molecular flexibility index (Phi) is 11.4. The van der Waals surface area contributed by atoms with Crippen molar-refractivity contribution in [3.05, 3.63) is 83.8 Å². The average molecular weight is 558 g/mol. The fourth-order valence-electron chi connectivity index (χ4n) is 4.77. The summed E-state index contributed by atoms with van der Waals surface area (Å²) < 4.78 is 5.90. The van der Waals surface area contributed by atoms with Crippen LogP contribution in [0.2, 0.25) is 0 Å². The quantitative estimate of drug-likeness (QED) is 0.202. The van der Waals surface area contributed by atoms with Gasteiger partial charge in [-0.15, -0.1) is 0 Å². The molecular formula is C32H39N5O4. The van der Waals surface area contributed by atoms with E-state index in [-0.39, 0.29) is 12.1 Å². The Bertz CT molecular complexity index is 1300. The number of benzene rings is 1. The number of pyridine rings is 2. The second kappa shape index (κ2) is 15.6. The molecule has 0 fully saturated rings. The molecule has 1 amide bonds. The van der Waals surface area contributed by atoms with Gasteiger partial charge in [0, 0.05) is 44.1 Å². The summed E-state index contributed by atoms with van der Waals surface area (Å²) in [4.78, 5) is 39.7. The number of ether oxygens (including phenoxy) is 1. The summed E-state index contributed by atoms with van der Waals surface area (Å²) in [5, 5.41) is 13.2. The van der Waals surface area contributed by atoms with Gasteiger partial charge >= 0.3 is 5.97 Å². The van der Waals surface area contributed by atoms with E-state index in [0.717, 1.165) is 62.5 Å². The van der Waals surface area contributed by atoms with Crippen molar-refractivity contribution in [3.8, 4) is 5.75 Å². The van der Waals surface area contributed by atoms with Crippen molar-refractivity contribution in [1.82, 2.24) is 14.9 Å². The highest BCUT2D eigenvalue weighted by Crippen LogP contribution is 2.20. The van der Waals surface area contributed by atoms with Gasteiger partial charge in [0.15, 0.2) is 0 Å². The minimum atomic E-state index is -1.18. The Balaban J connectivity index is 1.33. The molecule has 2 aromatic heterocycles. The molecule has 0 saturated heterocycles. The topological polar surface area (TPSA) is 117 Å². The minimum absolute atomic E-state index is 0.134. The van der Waals surface area contributed by atoms with Crippen LogP contribution in [0.25, 0.3) is 0 Å². The number of nitrogens with zero attached hydrogens (tertiary/aromatic N) is 4. The number of carbonyl (C=O) groups excluding carboxylic acids is 1. The summed E-state index contributed by atoms with van der Waals surface area (Å²) in [6, 6.07) is 17.5. The monoisotopic (exact) mass is 557 g/mol. The minimum Gasteiger partial charge on any atom is -0.492 e. The maximum Gasteiger partial charge on any atom is 0.350 e. The molecule has 3 aromatic rings. The van der Waals surface area contributed by atoms with Gasteiger partial charge in [-0.1, -0.05) is 30.3 Å². The normalized spacial score (nSPS) is 13.8. The largest absolute Gasteiger partial charge is 0.492 e. The third-order valence-electron chi connectivity index (χ3n) is 7.24. The molecule has 3 heterocycles. The summed E-state index contributed by atoms with van der Waals surface area (Å²) in [6.07, 6.45) is 8.37. The Morgan fingerprint density at radius 1 is 1.07 bits per heavy atom. The number of aryl methyl sites for hydroxylation is 2. The van der Waals surface area contributed by atoms with Crippen molar-refractivity contribution < 1.29 is 19.4 Å². The van der Waals surface area contributed by atoms with Crippen LogP contribution in [0.3, 0.4) is 0 Å².